The molecule has 1 aliphatic carbocycles. The van der Waals surface area contributed by atoms with E-state index in [4.69, 9.17) is 0 Å². The van der Waals surface area contributed by atoms with Crippen molar-refractivity contribution < 1.29 is 0 Å². The maximum Gasteiger partial charge on any atom is 0.0126 e. The Kier molecular flexibility index (Phi) is 4.81. The van der Waals surface area contributed by atoms with Crippen molar-refractivity contribution in [1.82, 2.24) is 10.2 Å². The second-order valence-electron chi connectivity index (χ2n) is 7.22. The molecular formula is C17H32N2. The summed E-state index contributed by atoms with van der Waals surface area (Å²) < 4.78 is 0. The van der Waals surface area contributed by atoms with Crippen LogP contribution in [0.1, 0.15) is 71.1 Å². The normalized spacial score (nSPS) is 38.7. The van der Waals surface area contributed by atoms with Crippen molar-refractivity contribution >= 4 is 0 Å². The molecule has 3 rings (SSSR count). The van der Waals surface area contributed by atoms with Crippen molar-refractivity contribution in [1.29, 1.82) is 0 Å². The van der Waals surface area contributed by atoms with Gasteiger partial charge in [0.05, 0.1) is 0 Å². The van der Waals surface area contributed by atoms with Crippen LogP contribution in [-0.4, -0.2) is 36.1 Å². The zero-order chi connectivity index (χ0) is 13.1. The minimum Gasteiger partial charge on any atom is -0.314 e. The summed E-state index contributed by atoms with van der Waals surface area (Å²) >= 11 is 0. The average molecular weight is 264 g/mol. The van der Waals surface area contributed by atoms with Gasteiger partial charge in [-0.1, -0.05) is 19.3 Å². The number of rotatable bonds is 3. The molecule has 2 saturated heterocycles. The van der Waals surface area contributed by atoms with E-state index < -0.39 is 0 Å². The minimum absolute atomic E-state index is 0.793. The Morgan fingerprint density at radius 3 is 2.63 bits per heavy atom. The fourth-order valence-electron chi connectivity index (χ4n) is 4.88. The summed E-state index contributed by atoms with van der Waals surface area (Å²) in [5.74, 6) is 1.03. The number of nitrogens with one attached hydrogen (secondary N) is 1. The van der Waals surface area contributed by atoms with E-state index in [9.17, 15) is 0 Å². The molecule has 0 aromatic rings. The van der Waals surface area contributed by atoms with Crippen molar-refractivity contribution in [2.24, 2.45) is 5.92 Å². The summed E-state index contributed by atoms with van der Waals surface area (Å²) in [6, 6.07) is 2.52. The number of likely N-dealkylation sites (tertiary alicyclic amines) is 1. The second-order valence-corrected chi connectivity index (χ2v) is 7.22. The van der Waals surface area contributed by atoms with E-state index in [2.05, 4.69) is 17.1 Å². The number of fused-ring (bicyclic) bond motifs is 1. The van der Waals surface area contributed by atoms with Gasteiger partial charge in [-0.25, -0.2) is 0 Å². The zero-order valence-corrected chi connectivity index (χ0v) is 12.7. The molecule has 19 heavy (non-hydrogen) atoms. The molecule has 2 heteroatoms. The van der Waals surface area contributed by atoms with Crippen LogP contribution in [0.2, 0.25) is 0 Å². The van der Waals surface area contributed by atoms with Crippen molar-refractivity contribution in [2.75, 3.05) is 13.1 Å². The van der Waals surface area contributed by atoms with Crippen LogP contribution in [0.3, 0.4) is 0 Å². The molecule has 0 amide bonds. The fraction of sp³-hybridized carbons (Fsp3) is 1.00. The first-order chi connectivity index (χ1) is 9.34. The molecule has 1 N–H and O–H groups in total. The van der Waals surface area contributed by atoms with Gasteiger partial charge in [0.1, 0.15) is 0 Å². The summed E-state index contributed by atoms with van der Waals surface area (Å²) in [5.41, 5.74) is 0. The van der Waals surface area contributed by atoms with Gasteiger partial charge in [-0.15, -0.1) is 0 Å². The molecule has 3 fully saturated rings. The zero-order valence-electron chi connectivity index (χ0n) is 12.7. The molecule has 0 aromatic heterocycles. The number of piperidine rings is 2. The Morgan fingerprint density at radius 2 is 1.79 bits per heavy atom. The Morgan fingerprint density at radius 1 is 1.00 bits per heavy atom. The predicted molar refractivity (Wildman–Crippen MR) is 81.4 cm³/mol. The van der Waals surface area contributed by atoms with E-state index in [-0.39, 0.29) is 0 Å². The van der Waals surface area contributed by atoms with Crippen LogP contribution in [-0.2, 0) is 0 Å². The molecule has 0 spiro atoms. The molecule has 0 aromatic carbocycles. The first-order valence-electron chi connectivity index (χ1n) is 8.84. The van der Waals surface area contributed by atoms with Crippen LogP contribution >= 0.6 is 0 Å². The quantitative estimate of drug-likeness (QED) is 0.838. The summed E-state index contributed by atoms with van der Waals surface area (Å²) in [6.45, 7) is 5.12. The third kappa shape index (κ3) is 3.33. The molecule has 2 heterocycles. The molecule has 2 aliphatic heterocycles. The lowest BCUT2D eigenvalue weighted by molar-refractivity contribution is 0.0246. The molecule has 2 nitrogen and oxygen atoms in total. The van der Waals surface area contributed by atoms with Crippen LogP contribution in [0.4, 0.5) is 0 Å². The maximum atomic E-state index is 3.73. The first kappa shape index (κ1) is 13.9. The smallest absolute Gasteiger partial charge is 0.0126 e. The van der Waals surface area contributed by atoms with Crippen LogP contribution in [0.5, 0.6) is 0 Å². The Labute approximate surface area is 119 Å². The number of hydrogen-bond donors (Lipinski definition) is 1. The highest BCUT2D eigenvalue weighted by Crippen LogP contribution is 2.36. The summed E-state index contributed by atoms with van der Waals surface area (Å²) in [5, 5.41) is 3.73. The molecular weight excluding hydrogens is 232 g/mol. The predicted octanol–water partition coefficient (Wildman–Crippen LogP) is 3.56. The van der Waals surface area contributed by atoms with Crippen LogP contribution < -0.4 is 5.32 Å². The van der Waals surface area contributed by atoms with Gasteiger partial charge in [0.25, 0.3) is 0 Å². The second kappa shape index (κ2) is 6.58. The van der Waals surface area contributed by atoms with Gasteiger partial charge in [-0.3, -0.25) is 4.90 Å². The van der Waals surface area contributed by atoms with Gasteiger partial charge in [0.2, 0.25) is 0 Å². The van der Waals surface area contributed by atoms with Gasteiger partial charge in [0, 0.05) is 18.1 Å². The minimum atomic E-state index is 0.793. The summed E-state index contributed by atoms with van der Waals surface area (Å²) in [4.78, 5) is 2.89. The van der Waals surface area contributed by atoms with E-state index in [0.29, 0.717) is 0 Å². The molecule has 0 radical (unpaired) electrons. The van der Waals surface area contributed by atoms with Gasteiger partial charge in [-0.2, -0.15) is 0 Å². The van der Waals surface area contributed by atoms with E-state index in [0.717, 1.165) is 24.0 Å². The topological polar surface area (TPSA) is 15.3 Å². The van der Waals surface area contributed by atoms with Gasteiger partial charge in [-0.05, 0) is 70.9 Å². The third-order valence-corrected chi connectivity index (χ3v) is 5.89. The summed E-state index contributed by atoms with van der Waals surface area (Å²) in [7, 11) is 0. The van der Waals surface area contributed by atoms with Crippen molar-refractivity contribution in [3.8, 4) is 0 Å². The highest BCUT2D eigenvalue weighted by Gasteiger charge is 2.35. The molecule has 3 aliphatic rings. The highest BCUT2D eigenvalue weighted by molar-refractivity contribution is 4.91. The largest absolute Gasteiger partial charge is 0.314 e. The van der Waals surface area contributed by atoms with Crippen molar-refractivity contribution in [3.63, 3.8) is 0 Å². The Balaban J connectivity index is 1.56. The lowest BCUT2D eigenvalue weighted by atomic mass is 9.77. The van der Waals surface area contributed by atoms with E-state index in [1.165, 1.54) is 77.3 Å². The molecule has 4 atom stereocenters. The highest BCUT2D eigenvalue weighted by atomic mass is 15.2. The number of nitrogens with zero attached hydrogens (tertiary/aromatic N) is 1. The van der Waals surface area contributed by atoms with E-state index in [1.54, 1.807) is 0 Å². The third-order valence-electron chi connectivity index (χ3n) is 5.89. The van der Waals surface area contributed by atoms with E-state index in [1.807, 2.05) is 0 Å². The van der Waals surface area contributed by atoms with Crippen molar-refractivity contribution in [2.45, 2.75) is 89.3 Å². The van der Waals surface area contributed by atoms with Gasteiger partial charge < -0.3 is 5.32 Å². The fourth-order valence-corrected chi connectivity index (χ4v) is 4.88. The molecule has 1 saturated carbocycles. The van der Waals surface area contributed by atoms with Crippen LogP contribution in [0.15, 0.2) is 0 Å². The maximum absolute atomic E-state index is 3.73. The summed E-state index contributed by atoms with van der Waals surface area (Å²) in [6.07, 6.45) is 14.5. The lowest BCUT2D eigenvalue weighted by Crippen LogP contribution is -2.52. The molecule has 4 unspecified atom stereocenters. The van der Waals surface area contributed by atoms with Crippen LogP contribution in [0.25, 0.3) is 0 Å². The number of hydrogen-bond acceptors (Lipinski definition) is 2. The average Bonchev–Trinajstić information content (AvgIpc) is 2.47. The standard InChI is InChI=1S/C17H32N2/c1-14(13-16-9-4-5-11-18-16)19-12-6-8-15-7-2-3-10-17(15)19/h14-18H,2-13H2,1H3. The Hall–Kier alpha value is -0.0800. The van der Waals surface area contributed by atoms with Crippen molar-refractivity contribution in [3.05, 3.63) is 0 Å². The Bertz CT molecular complexity index is 270. The van der Waals surface area contributed by atoms with Gasteiger partial charge in [0.15, 0.2) is 0 Å². The lowest BCUT2D eigenvalue weighted by Gasteiger charge is -2.47. The van der Waals surface area contributed by atoms with Gasteiger partial charge >= 0.3 is 0 Å². The SMILES string of the molecule is CC(CC1CCCCN1)N1CCCC2CCCCC21. The first-order valence-corrected chi connectivity index (χ1v) is 8.84. The monoisotopic (exact) mass is 264 g/mol. The van der Waals surface area contributed by atoms with Crippen LogP contribution in [0, 0.1) is 5.92 Å². The van der Waals surface area contributed by atoms with E-state index >= 15 is 0 Å². The molecule has 110 valence electrons. The molecule has 0 bridgehead atoms.